The van der Waals surface area contributed by atoms with Crippen LogP contribution in [0.15, 0.2) is 0 Å². The predicted molar refractivity (Wildman–Crippen MR) is 49.8 cm³/mol. The van der Waals surface area contributed by atoms with Gasteiger partial charge < -0.3 is 16.6 Å². The van der Waals surface area contributed by atoms with Gasteiger partial charge in [0.05, 0.1) is 6.10 Å². The van der Waals surface area contributed by atoms with Gasteiger partial charge in [0.15, 0.2) is 0 Å². The smallest absolute Gasteiger partial charge is 0.0714 e. The maximum absolute atomic E-state index is 9.34. The van der Waals surface area contributed by atoms with Crippen molar-refractivity contribution in [3.63, 3.8) is 0 Å². The van der Waals surface area contributed by atoms with Crippen molar-refractivity contribution in [1.82, 2.24) is 0 Å². The first-order valence-corrected chi connectivity index (χ1v) is 3.65. The van der Waals surface area contributed by atoms with Crippen LogP contribution >= 0.6 is 12.4 Å². The summed E-state index contributed by atoms with van der Waals surface area (Å²) in [5.41, 5.74) is 10.4. The largest absolute Gasteiger partial charge is 0.391 e. The topological polar surface area (TPSA) is 72.3 Å². The molecule has 0 bridgehead atoms. The van der Waals surface area contributed by atoms with E-state index in [1.807, 2.05) is 13.8 Å². The van der Waals surface area contributed by atoms with Crippen LogP contribution in [0, 0.1) is 0 Å². The minimum Gasteiger partial charge on any atom is -0.391 e. The van der Waals surface area contributed by atoms with Crippen LogP contribution in [-0.4, -0.2) is 23.3 Å². The number of halogens is 1. The van der Waals surface area contributed by atoms with Crippen LogP contribution < -0.4 is 11.5 Å². The van der Waals surface area contributed by atoms with Crippen LogP contribution in [0.3, 0.4) is 0 Å². The Bertz CT molecular complexity index is 92.9. The molecule has 1 atom stereocenters. The lowest BCUT2D eigenvalue weighted by Gasteiger charge is -2.25. The molecule has 0 aliphatic rings. The van der Waals surface area contributed by atoms with Gasteiger partial charge in [0.1, 0.15) is 0 Å². The number of aliphatic hydroxyl groups is 1. The maximum Gasteiger partial charge on any atom is 0.0714 e. The highest BCUT2D eigenvalue weighted by Gasteiger charge is 2.21. The molecule has 70 valence electrons. The standard InChI is InChI=1S/C7H18N2O.ClH/c1-7(2,9)6(10)4-3-5-8;/h6,10H,3-5,8-9H2,1-2H3;1H. The molecule has 1 unspecified atom stereocenters. The molecule has 11 heavy (non-hydrogen) atoms. The predicted octanol–water partition coefficient (Wildman–Crippen LogP) is 0.245. The molecule has 0 aromatic carbocycles. The van der Waals surface area contributed by atoms with Crippen LogP contribution in [0.5, 0.6) is 0 Å². The maximum atomic E-state index is 9.34. The Morgan fingerprint density at radius 1 is 1.45 bits per heavy atom. The van der Waals surface area contributed by atoms with Crippen LogP contribution in [0.25, 0.3) is 0 Å². The van der Waals surface area contributed by atoms with Gasteiger partial charge in [-0.15, -0.1) is 12.4 Å². The molecule has 5 N–H and O–H groups in total. The van der Waals surface area contributed by atoms with E-state index in [2.05, 4.69) is 0 Å². The quantitative estimate of drug-likeness (QED) is 0.584. The lowest BCUT2D eigenvalue weighted by Crippen LogP contribution is -2.45. The molecule has 3 nitrogen and oxygen atoms in total. The lowest BCUT2D eigenvalue weighted by atomic mass is 9.95. The molecule has 4 heteroatoms. The van der Waals surface area contributed by atoms with Gasteiger partial charge in [0.2, 0.25) is 0 Å². The monoisotopic (exact) mass is 182 g/mol. The molecule has 0 fully saturated rings. The summed E-state index contributed by atoms with van der Waals surface area (Å²) in [7, 11) is 0. The Morgan fingerprint density at radius 2 is 1.91 bits per heavy atom. The van der Waals surface area contributed by atoms with Crippen LogP contribution in [0.1, 0.15) is 26.7 Å². The summed E-state index contributed by atoms with van der Waals surface area (Å²) in [5, 5.41) is 9.34. The third kappa shape index (κ3) is 6.56. The summed E-state index contributed by atoms with van der Waals surface area (Å²) in [6.45, 7) is 4.25. The van der Waals surface area contributed by atoms with Gasteiger partial charge in [-0.25, -0.2) is 0 Å². The lowest BCUT2D eigenvalue weighted by molar-refractivity contribution is 0.0939. The van der Waals surface area contributed by atoms with Gasteiger partial charge in [-0.2, -0.15) is 0 Å². The molecule has 0 aliphatic carbocycles. The van der Waals surface area contributed by atoms with Crippen molar-refractivity contribution in [3.05, 3.63) is 0 Å². The van der Waals surface area contributed by atoms with E-state index < -0.39 is 11.6 Å². The fraction of sp³-hybridized carbons (Fsp3) is 1.00. The fourth-order valence-electron chi connectivity index (χ4n) is 0.683. The molecule has 0 amide bonds. The zero-order chi connectivity index (χ0) is 8.20. The average Bonchev–Trinajstić information content (AvgIpc) is 1.80. The van der Waals surface area contributed by atoms with Crippen molar-refractivity contribution < 1.29 is 5.11 Å². The van der Waals surface area contributed by atoms with Gasteiger partial charge in [-0.05, 0) is 33.2 Å². The Balaban J connectivity index is 0. The SMILES string of the molecule is CC(C)(N)C(O)CCCN.Cl. The van der Waals surface area contributed by atoms with Crippen molar-refractivity contribution in [2.45, 2.75) is 38.3 Å². The summed E-state index contributed by atoms with van der Waals surface area (Å²) in [6.07, 6.45) is 1.10. The summed E-state index contributed by atoms with van der Waals surface area (Å²) in [6, 6.07) is 0. The molecule has 0 saturated carbocycles. The van der Waals surface area contributed by atoms with Gasteiger partial charge in [0.25, 0.3) is 0 Å². The zero-order valence-corrected chi connectivity index (χ0v) is 8.03. The van der Waals surface area contributed by atoms with Gasteiger partial charge in [0, 0.05) is 5.54 Å². The van der Waals surface area contributed by atoms with Gasteiger partial charge >= 0.3 is 0 Å². The molecule has 0 aromatic rings. The number of aliphatic hydroxyl groups excluding tert-OH is 1. The molecular weight excluding hydrogens is 164 g/mol. The van der Waals surface area contributed by atoms with Gasteiger partial charge in [-0.3, -0.25) is 0 Å². The molecule has 0 spiro atoms. The third-order valence-electron chi connectivity index (χ3n) is 1.54. The van der Waals surface area contributed by atoms with Crippen molar-refractivity contribution in [2.75, 3.05) is 6.54 Å². The van der Waals surface area contributed by atoms with E-state index in [1.54, 1.807) is 0 Å². The summed E-state index contributed by atoms with van der Waals surface area (Å²) in [5.74, 6) is 0. The minimum absolute atomic E-state index is 0. The van der Waals surface area contributed by atoms with Crippen molar-refractivity contribution in [2.24, 2.45) is 11.5 Å². The first-order valence-electron chi connectivity index (χ1n) is 3.65. The van der Waals surface area contributed by atoms with Crippen molar-refractivity contribution in [3.8, 4) is 0 Å². The first kappa shape index (κ1) is 13.7. The van der Waals surface area contributed by atoms with E-state index in [4.69, 9.17) is 11.5 Å². The van der Waals surface area contributed by atoms with Gasteiger partial charge in [-0.1, -0.05) is 0 Å². The Kier molecular flexibility index (Phi) is 7.21. The zero-order valence-electron chi connectivity index (χ0n) is 7.21. The highest BCUT2D eigenvalue weighted by Crippen LogP contribution is 2.09. The van der Waals surface area contributed by atoms with E-state index in [1.165, 1.54) is 0 Å². The normalized spacial score (nSPS) is 13.9. The minimum atomic E-state index is -0.491. The van der Waals surface area contributed by atoms with E-state index in [9.17, 15) is 5.11 Å². The molecule has 0 aromatic heterocycles. The van der Waals surface area contributed by atoms with Crippen molar-refractivity contribution in [1.29, 1.82) is 0 Å². The molecule has 0 rings (SSSR count). The average molecular weight is 183 g/mol. The number of hydrogen-bond donors (Lipinski definition) is 3. The second kappa shape index (κ2) is 5.77. The van der Waals surface area contributed by atoms with E-state index in [0.717, 1.165) is 6.42 Å². The summed E-state index contributed by atoms with van der Waals surface area (Å²) < 4.78 is 0. The van der Waals surface area contributed by atoms with E-state index >= 15 is 0 Å². The summed E-state index contributed by atoms with van der Waals surface area (Å²) >= 11 is 0. The number of nitrogens with two attached hydrogens (primary N) is 2. The van der Waals surface area contributed by atoms with Crippen LogP contribution in [-0.2, 0) is 0 Å². The molecule has 0 radical (unpaired) electrons. The molecule has 0 saturated heterocycles. The fourth-order valence-corrected chi connectivity index (χ4v) is 0.683. The number of rotatable bonds is 4. The Labute approximate surface area is 74.6 Å². The van der Waals surface area contributed by atoms with Crippen molar-refractivity contribution >= 4 is 12.4 Å². The molecular formula is C7H19ClN2O. The van der Waals surface area contributed by atoms with Crippen LogP contribution in [0.2, 0.25) is 0 Å². The Morgan fingerprint density at radius 3 is 2.18 bits per heavy atom. The molecule has 0 aliphatic heterocycles. The highest BCUT2D eigenvalue weighted by atomic mass is 35.5. The second-order valence-electron chi connectivity index (χ2n) is 3.27. The first-order chi connectivity index (χ1) is 4.48. The highest BCUT2D eigenvalue weighted by molar-refractivity contribution is 5.85. The third-order valence-corrected chi connectivity index (χ3v) is 1.54. The Hall–Kier alpha value is 0.170. The van der Waals surface area contributed by atoms with Crippen LogP contribution in [0.4, 0.5) is 0 Å². The summed E-state index contributed by atoms with van der Waals surface area (Å²) in [4.78, 5) is 0. The van der Waals surface area contributed by atoms with E-state index in [0.29, 0.717) is 13.0 Å². The molecule has 0 heterocycles. The second-order valence-corrected chi connectivity index (χ2v) is 3.27. The number of hydrogen-bond acceptors (Lipinski definition) is 3. The van der Waals surface area contributed by atoms with E-state index in [-0.39, 0.29) is 12.4 Å².